The molecule has 0 saturated heterocycles. The molecule has 0 aromatic carbocycles. The minimum absolute atomic E-state index is 0.0207. The third-order valence-corrected chi connectivity index (χ3v) is 2.94. The number of allylic oxidation sites excluding steroid dienone is 2. The molecule has 0 aliphatic heterocycles. The van der Waals surface area contributed by atoms with Gasteiger partial charge in [-0.2, -0.15) is 0 Å². The first kappa shape index (κ1) is 15.8. The Morgan fingerprint density at radius 2 is 2.05 bits per heavy atom. The molecule has 0 amide bonds. The predicted molar refractivity (Wildman–Crippen MR) is 74.8 cm³/mol. The van der Waals surface area contributed by atoms with Crippen molar-refractivity contribution in [1.82, 2.24) is 4.98 Å². The van der Waals surface area contributed by atoms with Crippen molar-refractivity contribution in [1.29, 1.82) is 0 Å². The van der Waals surface area contributed by atoms with Crippen LogP contribution in [0.25, 0.3) is 0 Å². The minimum atomic E-state index is -0.697. The van der Waals surface area contributed by atoms with E-state index < -0.39 is 23.0 Å². The van der Waals surface area contributed by atoms with Crippen LogP contribution >= 0.6 is 0 Å². The maximum absolute atomic E-state index is 12.2. The van der Waals surface area contributed by atoms with Crippen LogP contribution in [-0.4, -0.2) is 30.1 Å². The van der Waals surface area contributed by atoms with Crippen LogP contribution in [0.1, 0.15) is 30.6 Å². The maximum atomic E-state index is 12.2. The third-order valence-electron chi connectivity index (χ3n) is 2.94. The lowest BCUT2D eigenvalue weighted by Gasteiger charge is -2.13. The van der Waals surface area contributed by atoms with Crippen LogP contribution in [0.3, 0.4) is 0 Å². The van der Waals surface area contributed by atoms with E-state index in [1.807, 2.05) is 19.1 Å². The van der Waals surface area contributed by atoms with Gasteiger partial charge in [-0.3, -0.25) is 14.6 Å². The number of aromatic hydroxyl groups is 1. The van der Waals surface area contributed by atoms with Crippen molar-refractivity contribution in [2.75, 3.05) is 14.2 Å². The highest BCUT2D eigenvalue weighted by Gasteiger charge is 2.26. The van der Waals surface area contributed by atoms with E-state index in [0.29, 0.717) is 6.42 Å². The van der Waals surface area contributed by atoms with Crippen LogP contribution in [0, 0.1) is 5.92 Å². The van der Waals surface area contributed by atoms with Crippen molar-refractivity contribution in [3.63, 3.8) is 0 Å². The molecule has 1 aromatic heterocycles. The molecular weight excluding hydrogens is 262 g/mol. The Hall–Kier alpha value is -2.24. The van der Waals surface area contributed by atoms with Gasteiger partial charge in [-0.25, -0.2) is 0 Å². The highest BCUT2D eigenvalue weighted by Crippen LogP contribution is 2.36. The number of aromatic amines is 1. The molecule has 20 heavy (non-hydrogen) atoms. The highest BCUT2D eigenvalue weighted by molar-refractivity contribution is 6.00. The quantitative estimate of drug-likeness (QED) is 0.614. The summed E-state index contributed by atoms with van der Waals surface area (Å²) in [5.41, 5.74) is -1.00. The molecule has 0 saturated carbocycles. The van der Waals surface area contributed by atoms with E-state index >= 15 is 0 Å². The molecular formula is C14H19NO5. The number of Topliss-reactive ketones (excluding diaryl/α,β-unsaturated/α-hetero) is 1. The van der Waals surface area contributed by atoms with E-state index in [1.165, 1.54) is 14.2 Å². The summed E-state index contributed by atoms with van der Waals surface area (Å²) in [6.45, 7) is 3.54. The lowest BCUT2D eigenvalue weighted by Crippen LogP contribution is -2.23. The number of pyridine rings is 1. The second-order valence-electron chi connectivity index (χ2n) is 4.31. The number of H-pyrrole nitrogens is 1. The second kappa shape index (κ2) is 6.79. The molecule has 6 heteroatoms. The van der Waals surface area contributed by atoms with Crippen LogP contribution in [-0.2, 0) is 0 Å². The first-order chi connectivity index (χ1) is 9.47. The number of ether oxygens (including phenoxy) is 2. The van der Waals surface area contributed by atoms with Gasteiger partial charge in [0.2, 0.25) is 11.6 Å². The molecule has 0 aliphatic carbocycles. The van der Waals surface area contributed by atoms with Crippen molar-refractivity contribution in [2.24, 2.45) is 5.92 Å². The summed E-state index contributed by atoms with van der Waals surface area (Å²) in [5.74, 6) is -1.44. The normalized spacial score (nSPS) is 12.4. The molecule has 1 rings (SSSR count). The van der Waals surface area contributed by atoms with Crippen molar-refractivity contribution in [3.05, 3.63) is 28.1 Å². The van der Waals surface area contributed by atoms with E-state index in [2.05, 4.69) is 4.98 Å². The molecule has 1 heterocycles. The lowest BCUT2D eigenvalue weighted by atomic mass is 9.96. The molecule has 0 bridgehead atoms. The van der Waals surface area contributed by atoms with Crippen molar-refractivity contribution >= 4 is 5.78 Å². The Kier molecular flexibility index (Phi) is 5.37. The van der Waals surface area contributed by atoms with Gasteiger partial charge in [0.15, 0.2) is 11.5 Å². The number of carbonyl (C=O) groups excluding carboxylic acids is 1. The largest absolute Gasteiger partial charge is 0.503 e. The van der Waals surface area contributed by atoms with E-state index in [1.54, 1.807) is 6.92 Å². The number of hydrogen-bond donors (Lipinski definition) is 2. The Morgan fingerprint density at radius 1 is 1.40 bits per heavy atom. The van der Waals surface area contributed by atoms with Crippen molar-refractivity contribution < 1.29 is 19.4 Å². The van der Waals surface area contributed by atoms with Crippen LogP contribution in [0.4, 0.5) is 0 Å². The predicted octanol–water partition coefficient (Wildman–Crippen LogP) is 1.88. The average Bonchev–Trinajstić information content (AvgIpc) is 2.43. The van der Waals surface area contributed by atoms with Crippen LogP contribution in [0.15, 0.2) is 16.9 Å². The van der Waals surface area contributed by atoms with Gasteiger partial charge in [-0.05, 0) is 13.3 Å². The molecule has 0 spiro atoms. The number of nitrogens with one attached hydrogen (secondary N) is 1. The van der Waals surface area contributed by atoms with Crippen LogP contribution < -0.4 is 15.0 Å². The van der Waals surface area contributed by atoms with E-state index in [4.69, 9.17) is 9.47 Å². The number of hydrogen-bond acceptors (Lipinski definition) is 5. The fraction of sp³-hybridized carbons (Fsp3) is 0.429. The first-order valence-corrected chi connectivity index (χ1v) is 6.20. The molecule has 0 fully saturated rings. The van der Waals surface area contributed by atoms with Gasteiger partial charge in [0.25, 0.3) is 5.56 Å². The monoisotopic (exact) mass is 281 g/mol. The van der Waals surface area contributed by atoms with E-state index in [0.717, 1.165) is 0 Å². The van der Waals surface area contributed by atoms with Crippen LogP contribution in [0.2, 0.25) is 0 Å². The molecule has 110 valence electrons. The summed E-state index contributed by atoms with van der Waals surface area (Å²) in [6.07, 6.45) is 4.14. The van der Waals surface area contributed by atoms with Gasteiger partial charge in [-0.15, -0.1) is 0 Å². The Bertz CT molecular complexity index is 574. The number of methoxy groups -OCH3 is 2. The molecule has 0 radical (unpaired) electrons. The smallest absolute Gasteiger partial charge is 0.265 e. The average molecular weight is 281 g/mol. The van der Waals surface area contributed by atoms with Gasteiger partial charge in [0.1, 0.15) is 5.56 Å². The zero-order valence-corrected chi connectivity index (χ0v) is 12.0. The Labute approximate surface area is 117 Å². The molecule has 2 N–H and O–H groups in total. The number of rotatable bonds is 6. The Balaban J connectivity index is 3.31. The van der Waals surface area contributed by atoms with Gasteiger partial charge in [0.05, 0.1) is 14.2 Å². The Morgan fingerprint density at radius 3 is 2.55 bits per heavy atom. The summed E-state index contributed by atoms with van der Waals surface area (Å²) in [4.78, 5) is 26.5. The minimum Gasteiger partial charge on any atom is -0.503 e. The number of carbonyl (C=O) groups is 1. The van der Waals surface area contributed by atoms with E-state index in [9.17, 15) is 14.7 Å². The zero-order valence-electron chi connectivity index (χ0n) is 12.0. The summed E-state index contributed by atoms with van der Waals surface area (Å²) in [6, 6.07) is 0. The summed E-state index contributed by atoms with van der Waals surface area (Å²) in [5, 5.41) is 10.1. The molecule has 1 unspecified atom stereocenters. The summed E-state index contributed by atoms with van der Waals surface area (Å²) >= 11 is 0. The summed E-state index contributed by atoms with van der Waals surface area (Å²) in [7, 11) is 2.64. The summed E-state index contributed by atoms with van der Waals surface area (Å²) < 4.78 is 9.86. The number of aromatic nitrogens is 1. The van der Waals surface area contributed by atoms with Gasteiger partial charge < -0.3 is 14.6 Å². The standard InChI is InChI=1S/C14H19NO5/c1-5-6-7-8(2)10(16)9-11(17)12(19-3)14(20-4)15-13(9)18/h5-6,8H,7H2,1-4H3,(H2,15,17,18). The third kappa shape index (κ3) is 3.01. The van der Waals surface area contributed by atoms with Crippen LogP contribution in [0.5, 0.6) is 17.4 Å². The SMILES string of the molecule is CC=CCC(C)C(=O)c1c(O)c(OC)c(OC)[nH]c1=O. The molecule has 1 atom stereocenters. The fourth-order valence-corrected chi connectivity index (χ4v) is 1.81. The van der Waals surface area contributed by atoms with Crippen molar-refractivity contribution in [3.8, 4) is 17.4 Å². The molecule has 6 nitrogen and oxygen atoms in total. The second-order valence-corrected chi connectivity index (χ2v) is 4.31. The molecule has 1 aromatic rings. The lowest BCUT2D eigenvalue weighted by molar-refractivity contribution is 0.0925. The first-order valence-electron chi connectivity index (χ1n) is 6.20. The topological polar surface area (TPSA) is 88.6 Å². The van der Waals surface area contributed by atoms with Crippen molar-refractivity contribution in [2.45, 2.75) is 20.3 Å². The van der Waals surface area contributed by atoms with Gasteiger partial charge >= 0.3 is 0 Å². The molecule has 0 aliphatic rings. The van der Waals surface area contributed by atoms with Gasteiger partial charge in [0, 0.05) is 5.92 Å². The van der Waals surface area contributed by atoms with E-state index in [-0.39, 0.29) is 17.2 Å². The highest BCUT2D eigenvalue weighted by atomic mass is 16.5. The zero-order chi connectivity index (χ0) is 15.3. The fourth-order valence-electron chi connectivity index (χ4n) is 1.81. The number of ketones is 1. The maximum Gasteiger partial charge on any atom is 0.265 e. The van der Waals surface area contributed by atoms with Gasteiger partial charge in [-0.1, -0.05) is 19.1 Å².